The minimum Gasteiger partial charge on any atom is -0.326 e. The fourth-order valence-corrected chi connectivity index (χ4v) is 5.15. The van der Waals surface area contributed by atoms with Crippen LogP contribution in [-0.2, 0) is 4.79 Å². The van der Waals surface area contributed by atoms with Gasteiger partial charge in [0.15, 0.2) is 0 Å². The van der Waals surface area contributed by atoms with Crippen molar-refractivity contribution >= 4 is 30.1 Å². The van der Waals surface area contributed by atoms with Crippen LogP contribution in [0, 0.1) is 0 Å². The SMILES string of the molecule is Cl.O=C1CSC2(CCCCC2)N1CCN1CCCC1. The lowest BCUT2D eigenvalue weighted by atomic mass is 9.93. The molecule has 1 amide bonds. The summed E-state index contributed by atoms with van der Waals surface area (Å²) in [5.74, 6) is 1.11. The number of thioether (sulfide) groups is 1. The summed E-state index contributed by atoms with van der Waals surface area (Å²) in [6, 6.07) is 0. The fraction of sp³-hybridized carbons (Fsp3) is 0.929. The molecule has 0 N–H and O–H groups in total. The normalized spacial score (nSPS) is 26.9. The summed E-state index contributed by atoms with van der Waals surface area (Å²) in [6.07, 6.45) is 9.10. The van der Waals surface area contributed by atoms with E-state index < -0.39 is 0 Å². The van der Waals surface area contributed by atoms with Crippen LogP contribution in [0.15, 0.2) is 0 Å². The van der Waals surface area contributed by atoms with Crippen LogP contribution in [0.4, 0.5) is 0 Å². The van der Waals surface area contributed by atoms with Gasteiger partial charge in [0.05, 0.1) is 10.6 Å². The zero-order valence-corrected chi connectivity index (χ0v) is 13.2. The smallest absolute Gasteiger partial charge is 0.233 e. The molecule has 2 aliphatic heterocycles. The van der Waals surface area contributed by atoms with Crippen molar-refractivity contribution in [1.82, 2.24) is 9.80 Å². The second-order valence-electron chi connectivity index (χ2n) is 5.89. The van der Waals surface area contributed by atoms with E-state index in [1.165, 1.54) is 58.0 Å². The Morgan fingerprint density at radius 2 is 1.68 bits per heavy atom. The molecule has 2 heterocycles. The maximum absolute atomic E-state index is 12.1. The Morgan fingerprint density at radius 3 is 2.37 bits per heavy atom. The lowest BCUT2D eigenvalue weighted by molar-refractivity contribution is -0.131. The second-order valence-corrected chi connectivity index (χ2v) is 7.23. The Morgan fingerprint density at radius 1 is 1.00 bits per heavy atom. The van der Waals surface area contributed by atoms with Crippen molar-refractivity contribution in [3.05, 3.63) is 0 Å². The molecule has 1 aliphatic carbocycles. The van der Waals surface area contributed by atoms with Gasteiger partial charge in [0.1, 0.15) is 0 Å². The highest BCUT2D eigenvalue weighted by atomic mass is 35.5. The quantitative estimate of drug-likeness (QED) is 0.801. The molecule has 3 rings (SSSR count). The summed E-state index contributed by atoms with van der Waals surface area (Å²) < 4.78 is 0. The summed E-state index contributed by atoms with van der Waals surface area (Å²) in [7, 11) is 0. The molecule has 2 saturated heterocycles. The predicted molar refractivity (Wildman–Crippen MR) is 82.9 cm³/mol. The van der Waals surface area contributed by atoms with Crippen LogP contribution in [-0.4, -0.2) is 52.5 Å². The van der Waals surface area contributed by atoms with Crippen molar-refractivity contribution in [3.63, 3.8) is 0 Å². The Hall–Kier alpha value is 0.0700. The molecule has 0 bridgehead atoms. The maximum Gasteiger partial charge on any atom is 0.233 e. The maximum atomic E-state index is 12.1. The lowest BCUT2D eigenvalue weighted by Crippen LogP contribution is -2.48. The Kier molecular flexibility index (Phi) is 5.44. The zero-order chi connectivity index (χ0) is 12.4. The van der Waals surface area contributed by atoms with Gasteiger partial charge >= 0.3 is 0 Å². The van der Waals surface area contributed by atoms with Crippen molar-refractivity contribution in [2.75, 3.05) is 31.9 Å². The van der Waals surface area contributed by atoms with Crippen molar-refractivity contribution in [1.29, 1.82) is 0 Å². The molecule has 110 valence electrons. The minimum atomic E-state index is 0. The first-order valence-electron chi connectivity index (χ1n) is 7.47. The fourth-order valence-electron chi connectivity index (χ4n) is 3.67. The summed E-state index contributed by atoms with van der Waals surface area (Å²) in [5.41, 5.74) is 0. The Labute approximate surface area is 126 Å². The third-order valence-electron chi connectivity index (χ3n) is 4.73. The second kappa shape index (κ2) is 6.68. The van der Waals surface area contributed by atoms with Gasteiger partial charge in [-0.15, -0.1) is 24.2 Å². The Bertz CT molecular complexity index is 315. The largest absolute Gasteiger partial charge is 0.326 e. The number of halogens is 1. The van der Waals surface area contributed by atoms with Gasteiger partial charge in [0, 0.05) is 13.1 Å². The van der Waals surface area contributed by atoms with Crippen molar-refractivity contribution < 1.29 is 4.79 Å². The monoisotopic (exact) mass is 304 g/mol. The summed E-state index contributed by atoms with van der Waals surface area (Å²) in [6.45, 7) is 4.53. The zero-order valence-electron chi connectivity index (χ0n) is 11.6. The molecule has 0 aromatic carbocycles. The highest BCUT2D eigenvalue weighted by Gasteiger charge is 2.46. The molecule has 3 nitrogen and oxygen atoms in total. The van der Waals surface area contributed by atoms with E-state index in [1.807, 2.05) is 11.8 Å². The molecular formula is C14H25ClN2OS. The third kappa shape index (κ3) is 3.22. The van der Waals surface area contributed by atoms with Gasteiger partial charge in [-0.2, -0.15) is 0 Å². The van der Waals surface area contributed by atoms with Crippen LogP contribution >= 0.6 is 24.2 Å². The average Bonchev–Trinajstić information content (AvgIpc) is 2.99. The third-order valence-corrected chi connectivity index (χ3v) is 6.29. The molecule has 3 aliphatic rings. The summed E-state index contributed by atoms with van der Waals surface area (Å²) in [5, 5.41) is 0. The van der Waals surface area contributed by atoms with Gasteiger partial charge in [0.25, 0.3) is 0 Å². The van der Waals surface area contributed by atoms with E-state index in [2.05, 4.69) is 9.80 Å². The van der Waals surface area contributed by atoms with E-state index in [0.29, 0.717) is 5.91 Å². The number of hydrogen-bond donors (Lipinski definition) is 0. The number of carbonyl (C=O) groups is 1. The molecule has 0 unspecified atom stereocenters. The first-order chi connectivity index (χ1) is 8.80. The molecule has 1 spiro atoms. The highest BCUT2D eigenvalue weighted by Crippen LogP contribution is 2.46. The van der Waals surface area contributed by atoms with E-state index in [0.717, 1.165) is 18.8 Å². The van der Waals surface area contributed by atoms with E-state index in [9.17, 15) is 4.79 Å². The molecule has 0 radical (unpaired) electrons. The molecule has 3 fully saturated rings. The van der Waals surface area contributed by atoms with Crippen LogP contribution in [0.5, 0.6) is 0 Å². The molecule has 1 saturated carbocycles. The number of hydrogen-bond acceptors (Lipinski definition) is 3. The molecule has 0 atom stereocenters. The van der Waals surface area contributed by atoms with E-state index in [1.54, 1.807) is 0 Å². The number of rotatable bonds is 3. The van der Waals surface area contributed by atoms with Crippen molar-refractivity contribution in [2.45, 2.75) is 49.8 Å². The minimum absolute atomic E-state index is 0. The average molecular weight is 305 g/mol. The van der Waals surface area contributed by atoms with E-state index in [-0.39, 0.29) is 17.3 Å². The van der Waals surface area contributed by atoms with Crippen LogP contribution in [0.2, 0.25) is 0 Å². The first-order valence-corrected chi connectivity index (χ1v) is 8.46. The molecule has 5 heteroatoms. The van der Waals surface area contributed by atoms with Crippen LogP contribution in [0.1, 0.15) is 44.9 Å². The number of likely N-dealkylation sites (tertiary alicyclic amines) is 1. The van der Waals surface area contributed by atoms with Gasteiger partial charge in [0.2, 0.25) is 5.91 Å². The molecule has 0 aromatic heterocycles. The van der Waals surface area contributed by atoms with Gasteiger partial charge in [-0.1, -0.05) is 19.3 Å². The van der Waals surface area contributed by atoms with Gasteiger partial charge < -0.3 is 9.80 Å². The number of carbonyl (C=O) groups excluding carboxylic acids is 1. The standard InChI is InChI=1S/C14H24N2OS.ClH/c17-13-12-18-14(6-2-1-3-7-14)16(13)11-10-15-8-4-5-9-15;/h1-12H2;1H. The predicted octanol–water partition coefficient (Wildman–Crippen LogP) is 2.74. The highest BCUT2D eigenvalue weighted by molar-refractivity contribution is 8.01. The van der Waals surface area contributed by atoms with E-state index in [4.69, 9.17) is 0 Å². The number of nitrogens with zero attached hydrogens (tertiary/aromatic N) is 2. The van der Waals surface area contributed by atoms with E-state index >= 15 is 0 Å². The van der Waals surface area contributed by atoms with Gasteiger partial charge in [-0.05, 0) is 38.8 Å². The molecular weight excluding hydrogens is 280 g/mol. The van der Waals surface area contributed by atoms with Gasteiger partial charge in [-0.3, -0.25) is 4.79 Å². The van der Waals surface area contributed by atoms with Crippen LogP contribution in [0.3, 0.4) is 0 Å². The van der Waals surface area contributed by atoms with Crippen LogP contribution < -0.4 is 0 Å². The number of amides is 1. The first kappa shape index (κ1) is 15.5. The lowest BCUT2D eigenvalue weighted by Gasteiger charge is -2.41. The topological polar surface area (TPSA) is 23.6 Å². The summed E-state index contributed by atoms with van der Waals surface area (Å²) >= 11 is 1.92. The van der Waals surface area contributed by atoms with Crippen LogP contribution in [0.25, 0.3) is 0 Å². The molecule has 0 aromatic rings. The molecule has 19 heavy (non-hydrogen) atoms. The van der Waals surface area contributed by atoms with Gasteiger partial charge in [-0.25, -0.2) is 0 Å². The van der Waals surface area contributed by atoms with Crippen molar-refractivity contribution in [3.8, 4) is 0 Å². The summed E-state index contributed by atoms with van der Waals surface area (Å²) in [4.78, 5) is 17.1. The van der Waals surface area contributed by atoms with Crippen molar-refractivity contribution in [2.24, 2.45) is 0 Å². The Balaban J connectivity index is 0.00000133.